The third-order valence-corrected chi connectivity index (χ3v) is 5.14. The first kappa shape index (κ1) is 18.9. The van der Waals surface area contributed by atoms with Gasteiger partial charge in [0, 0.05) is 35.6 Å². The molecule has 0 aliphatic rings. The third kappa shape index (κ3) is 3.42. The molecule has 0 bridgehead atoms. The molecule has 5 aromatic rings. The Hall–Kier alpha value is -4.07. The van der Waals surface area contributed by atoms with Gasteiger partial charge in [-0.05, 0) is 37.3 Å². The van der Waals surface area contributed by atoms with Crippen molar-refractivity contribution in [3.8, 4) is 11.6 Å². The van der Waals surface area contributed by atoms with Gasteiger partial charge in [0.15, 0.2) is 0 Å². The van der Waals surface area contributed by atoms with E-state index < -0.39 is 5.95 Å². The van der Waals surface area contributed by atoms with Gasteiger partial charge in [-0.25, -0.2) is 14.6 Å². The fraction of sp³-hybridized carbons (Fsp3) is 0.130. The molecule has 8 heteroatoms. The molecule has 5 rings (SSSR count). The van der Waals surface area contributed by atoms with E-state index in [1.165, 1.54) is 10.7 Å². The highest BCUT2D eigenvalue weighted by molar-refractivity contribution is 6.07. The minimum Gasteiger partial charge on any atom is -0.439 e. The SMILES string of the molecule is Cc1cccc(Oc2ccc3c4cnn(Cc5cccc(F)n5)c(=O)c4n(C)c3c2)n1. The lowest BCUT2D eigenvalue weighted by molar-refractivity contribution is 0.462. The van der Waals surface area contributed by atoms with Crippen molar-refractivity contribution in [2.45, 2.75) is 13.5 Å². The van der Waals surface area contributed by atoms with Gasteiger partial charge in [-0.2, -0.15) is 9.49 Å². The zero-order chi connectivity index (χ0) is 21.5. The van der Waals surface area contributed by atoms with E-state index in [2.05, 4.69) is 15.1 Å². The molecule has 1 aromatic carbocycles. The van der Waals surface area contributed by atoms with E-state index in [9.17, 15) is 9.18 Å². The zero-order valence-corrected chi connectivity index (χ0v) is 16.9. The molecule has 31 heavy (non-hydrogen) atoms. The van der Waals surface area contributed by atoms with E-state index >= 15 is 0 Å². The molecule has 0 N–H and O–H groups in total. The van der Waals surface area contributed by atoms with Gasteiger partial charge in [-0.15, -0.1) is 0 Å². The van der Waals surface area contributed by atoms with Crippen LogP contribution in [0.4, 0.5) is 4.39 Å². The van der Waals surface area contributed by atoms with Gasteiger partial charge in [-0.1, -0.05) is 12.1 Å². The molecule has 0 atom stereocenters. The lowest BCUT2D eigenvalue weighted by Gasteiger charge is -2.06. The van der Waals surface area contributed by atoms with Crippen molar-refractivity contribution in [3.05, 3.63) is 88.5 Å². The number of hydrogen-bond donors (Lipinski definition) is 0. The summed E-state index contributed by atoms with van der Waals surface area (Å²) >= 11 is 0. The summed E-state index contributed by atoms with van der Waals surface area (Å²) in [5.74, 6) is 0.533. The quantitative estimate of drug-likeness (QED) is 0.415. The zero-order valence-electron chi connectivity index (χ0n) is 16.9. The fourth-order valence-electron chi connectivity index (χ4n) is 3.70. The summed E-state index contributed by atoms with van der Waals surface area (Å²) in [6.07, 6.45) is 1.65. The van der Waals surface area contributed by atoms with E-state index in [1.54, 1.807) is 24.4 Å². The highest BCUT2D eigenvalue weighted by Crippen LogP contribution is 2.30. The lowest BCUT2D eigenvalue weighted by Crippen LogP contribution is -2.25. The lowest BCUT2D eigenvalue weighted by atomic mass is 10.2. The Kier molecular flexibility index (Phi) is 4.47. The predicted molar refractivity (Wildman–Crippen MR) is 115 cm³/mol. The van der Waals surface area contributed by atoms with Gasteiger partial charge in [0.25, 0.3) is 5.56 Å². The fourth-order valence-corrected chi connectivity index (χ4v) is 3.70. The molecule has 0 aliphatic heterocycles. The number of aryl methyl sites for hydroxylation is 2. The smallest absolute Gasteiger partial charge is 0.291 e. The minimum absolute atomic E-state index is 0.0848. The Morgan fingerprint density at radius 2 is 1.87 bits per heavy atom. The number of benzene rings is 1. The topological polar surface area (TPSA) is 74.8 Å². The van der Waals surface area contributed by atoms with Crippen molar-refractivity contribution < 1.29 is 9.13 Å². The van der Waals surface area contributed by atoms with Crippen LogP contribution in [-0.2, 0) is 13.6 Å². The molecule has 0 fully saturated rings. The molecular weight excluding hydrogens is 397 g/mol. The van der Waals surface area contributed by atoms with E-state index in [1.807, 2.05) is 48.9 Å². The summed E-state index contributed by atoms with van der Waals surface area (Å²) in [6.45, 7) is 1.98. The number of halogens is 1. The van der Waals surface area contributed by atoms with Gasteiger partial charge in [0.1, 0.15) is 11.3 Å². The second-order valence-electron chi connectivity index (χ2n) is 7.28. The maximum Gasteiger partial charge on any atom is 0.291 e. The largest absolute Gasteiger partial charge is 0.439 e. The van der Waals surface area contributed by atoms with E-state index in [0.29, 0.717) is 22.8 Å². The highest BCUT2D eigenvalue weighted by atomic mass is 19.1. The average Bonchev–Trinajstić information content (AvgIpc) is 3.02. The molecule has 0 spiro atoms. The normalized spacial score (nSPS) is 11.3. The van der Waals surface area contributed by atoms with Crippen molar-refractivity contribution in [3.63, 3.8) is 0 Å². The number of ether oxygens (including phenoxy) is 1. The molecule has 0 radical (unpaired) electrons. The molecule has 0 unspecified atom stereocenters. The molecule has 0 amide bonds. The summed E-state index contributed by atoms with van der Waals surface area (Å²) in [4.78, 5) is 21.3. The number of hydrogen-bond acceptors (Lipinski definition) is 5. The maximum atomic E-state index is 13.4. The van der Waals surface area contributed by atoms with Gasteiger partial charge >= 0.3 is 0 Å². The van der Waals surface area contributed by atoms with Crippen LogP contribution in [0.15, 0.2) is 65.6 Å². The Bertz CT molecular complexity index is 1510. The molecular formula is C23H18FN5O2. The van der Waals surface area contributed by atoms with Crippen LogP contribution in [-0.4, -0.2) is 24.3 Å². The van der Waals surface area contributed by atoms with Crippen molar-refractivity contribution in [2.75, 3.05) is 0 Å². The molecule has 0 aliphatic carbocycles. The first-order chi connectivity index (χ1) is 15.0. The predicted octanol–water partition coefficient (Wildman–Crippen LogP) is 3.97. The van der Waals surface area contributed by atoms with E-state index in [4.69, 9.17) is 4.74 Å². The summed E-state index contributed by atoms with van der Waals surface area (Å²) in [5, 5.41) is 5.92. The summed E-state index contributed by atoms with van der Waals surface area (Å²) in [6, 6.07) is 15.7. The summed E-state index contributed by atoms with van der Waals surface area (Å²) in [7, 11) is 1.82. The van der Waals surface area contributed by atoms with Crippen LogP contribution in [0.1, 0.15) is 11.4 Å². The van der Waals surface area contributed by atoms with Crippen molar-refractivity contribution in [1.29, 1.82) is 0 Å². The summed E-state index contributed by atoms with van der Waals surface area (Å²) in [5.41, 5.74) is 2.36. The molecule has 154 valence electrons. The number of pyridine rings is 2. The number of fused-ring (bicyclic) bond motifs is 3. The van der Waals surface area contributed by atoms with Gasteiger partial charge in [-0.3, -0.25) is 4.79 Å². The van der Waals surface area contributed by atoms with Crippen LogP contribution in [0.3, 0.4) is 0 Å². The molecule has 4 aromatic heterocycles. The first-order valence-electron chi connectivity index (χ1n) is 9.71. The van der Waals surface area contributed by atoms with Crippen LogP contribution < -0.4 is 10.3 Å². The van der Waals surface area contributed by atoms with Gasteiger partial charge < -0.3 is 9.30 Å². The third-order valence-electron chi connectivity index (χ3n) is 5.14. The van der Waals surface area contributed by atoms with Crippen molar-refractivity contribution in [1.82, 2.24) is 24.3 Å². The summed E-state index contributed by atoms with van der Waals surface area (Å²) < 4.78 is 22.4. The van der Waals surface area contributed by atoms with E-state index in [0.717, 1.165) is 22.0 Å². The Morgan fingerprint density at radius 3 is 2.68 bits per heavy atom. The monoisotopic (exact) mass is 415 g/mol. The van der Waals surface area contributed by atoms with Crippen LogP contribution in [0.2, 0.25) is 0 Å². The van der Waals surface area contributed by atoms with Gasteiger partial charge in [0.05, 0.1) is 24.0 Å². The van der Waals surface area contributed by atoms with Gasteiger partial charge in [0.2, 0.25) is 11.8 Å². The number of rotatable bonds is 4. The first-order valence-corrected chi connectivity index (χ1v) is 9.71. The second-order valence-corrected chi connectivity index (χ2v) is 7.28. The number of nitrogens with zero attached hydrogens (tertiary/aromatic N) is 5. The van der Waals surface area contributed by atoms with Crippen LogP contribution in [0.5, 0.6) is 11.6 Å². The van der Waals surface area contributed by atoms with E-state index in [-0.39, 0.29) is 12.1 Å². The van der Waals surface area contributed by atoms with Crippen LogP contribution in [0.25, 0.3) is 21.8 Å². The Balaban J connectivity index is 1.58. The minimum atomic E-state index is -0.591. The standard InChI is InChI=1S/C23H18FN5O2/c1-14-5-3-8-21(26-14)31-16-9-10-17-18-12-25-29(13-15-6-4-7-20(24)27-15)23(30)22(18)28(2)19(17)11-16/h3-12H,13H2,1-2H3. The van der Waals surface area contributed by atoms with Crippen molar-refractivity contribution in [2.24, 2.45) is 7.05 Å². The Labute approximate surface area is 176 Å². The highest BCUT2D eigenvalue weighted by Gasteiger charge is 2.15. The van der Waals surface area contributed by atoms with Crippen LogP contribution in [0, 0.1) is 12.9 Å². The molecule has 4 heterocycles. The maximum absolute atomic E-state index is 13.4. The average molecular weight is 415 g/mol. The molecule has 7 nitrogen and oxygen atoms in total. The Morgan fingerprint density at radius 1 is 1.03 bits per heavy atom. The molecule has 0 saturated heterocycles. The second kappa shape index (κ2) is 7.32. The van der Waals surface area contributed by atoms with Crippen molar-refractivity contribution >= 4 is 21.8 Å². The number of aromatic nitrogens is 5. The molecule has 0 saturated carbocycles. The van der Waals surface area contributed by atoms with Crippen LogP contribution >= 0.6 is 0 Å².